The fourth-order valence-electron chi connectivity index (χ4n) is 2.02. The first kappa shape index (κ1) is 13.5. The van der Waals surface area contributed by atoms with E-state index < -0.39 is 6.04 Å². The third-order valence-corrected chi connectivity index (χ3v) is 3.14. The molecule has 2 amide bonds. The summed E-state index contributed by atoms with van der Waals surface area (Å²) in [7, 11) is 1.55. The van der Waals surface area contributed by atoms with Crippen LogP contribution in [0.5, 0.6) is 0 Å². The topological polar surface area (TPSA) is 96.1 Å². The van der Waals surface area contributed by atoms with Crippen molar-refractivity contribution < 1.29 is 14.3 Å². The first-order chi connectivity index (χ1) is 9.04. The summed E-state index contributed by atoms with van der Waals surface area (Å²) in [5.74, 6) is -0.579. The highest BCUT2D eigenvalue weighted by Crippen LogP contribution is 2.20. The molecule has 0 fully saturated rings. The number of fused-ring (bicyclic) bond motifs is 1. The Balaban J connectivity index is 2.13. The lowest BCUT2D eigenvalue weighted by Gasteiger charge is -2.20. The number of carbonyl (C=O) groups is 2. The van der Waals surface area contributed by atoms with Gasteiger partial charge in [-0.2, -0.15) is 5.10 Å². The van der Waals surface area contributed by atoms with Gasteiger partial charge in [0.05, 0.1) is 18.9 Å². The number of ether oxygens (including phenoxy) is 1. The summed E-state index contributed by atoms with van der Waals surface area (Å²) in [5.41, 5.74) is 1.91. The van der Waals surface area contributed by atoms with Crippen molar-refractivity contribution in [3.63, 3.8) is 0 Å². The Labute approximate surface area is 111 Å². The van der Waals surface area contributed by atoms with Gasteiger partial charge >= 0.3 is 0 Å². The molecule has 1 aliphatic heterocycles. The van der Waals surface area contributed by atoms with Gasteiger partial charge < -0.3 is 15.4 Å². The van der Waals surface area contributed by atoms with Gasteiger partial charge in [-0.1, -0.05) is 13.8 Å². The molecule has 0 saturated carbocycles. The van der Waals surface area contributed by atoms with Crippen molar-refractivity contribution in [2.24, 2.45) is 5.92 Å². The molecular formula is C12H18N4O3. The van der Waals surface area contributed by atoms with Gasteiger partial charge in [0, 0.05) is 12.6 Å². The maximum absolute atomic E-state index is 12.2. The summed E-state index contributed by atoms with van der Waals surface area (Å²) in [5, 5.41) is 12.0. The predicted molar refractivity (Wildman–Crippen MR) is 67.2 cm³/mol. The lowest BCUT2D eigenvalue weighted by Crippen LogP contribution is -2.49. The molecule has 0 saturated heterocycles. The molecule has 19 heavy (non-hydrogen) atoms. The number of hydrogen-bond donors (Lipinski definition) is 3. The van der Waals surface area contributed by atoms with E-state index in [0.29, 0.717) is 18.9 Å². The number of amides is 2. The van der Waals surface area contributed by atoms with Crippen LogP contribution in [0.2, 0.25) is 0 Å². The number of hydrogen-bond acceptors (Lipinski definition) is 4. The van der Waals surface area contributed by atoms with Crippen LogP contribution < -0.4 is 10.6 Å². The quantitative estimate of drug-likeness (QED) is 0.711. The Morgan fingerprint density at radius 2 is 2.11 bits per heavy atom. The lowest BCUT2D eigenvalue weighted by molar-refractivity contribution is -0.123. The molecule has 1 aliphatic rings. The van der Waals surface area contributed by atoms with Crippen LogP contribution in [-0.4, -0.2) is 35.1 Å². The molecule has 3 N–H and O–H groups in total. The van der Waals surface area contributed by atoms with E-state index in [1.165, 1.54) is 0 Å². The fourth-order valence-corrected chi connectivity index (χ4v) is 2.02. The monoisotopic (exact) mass is 266 g/mol. The minimum Gasteiger partial charge on any atom is -0.370 e. The lowest BCUT2D eigenvalue weighted by atomic mass is 10.0. The average molecular weight is 266 g/mol. The summed E-state index contributed by atoms with van der Waals surface area (Å²) in [6, 6.07) is -0.577. The molecule has 1 atom stereocenters. The normalized spacial score (nSPS) is 15.2. The van der Waals surface area contributed by atoms with E-state index in [4.69, 9.17) is 4.74 Å². The summed E-state index contributed by atoms with van der Waals surface area (Å²) in [4.78, 5) is 23.9. The molecule has 104 valence electrons. The number of carbonyl (C=O) groups excluding carboxylic acids is 2. The predicted octanol–water partition coefficient (Wildman–Crippen LogP) is -0.0597. The minimum atomic E-state index is -0.577. The molecule has 7 nitrogen and oxygen atoms in total. The SMILES string of the molecule is CNC(=O)[C@@H](NC(=O)c1n[nH]c2c1COC2)C(C)C. The van der Waals surface area contributed by atoms with E-state index >= 15 is 0 Å². The molecule has 1 aromatic rings. The molecule has 0 radical (unpaired) electrons. The number of aromatic amines is 1. The van der Waals surface area contributed by atoms with Crippen LogP contribution in [-0.2, 0) is 22.7 Å². The smallest absolute Gasteiger partial charge is 0.272 e. The number of nitrogens with one attached hydrogen (secondary N) is 3. The van der Waals surface area contributed by atoms with E-state index in [2.05, 4.69) is 20.8 Å². The zero-order chi connectivity index (χ0) is 14.0. The summed E-state index contributed by atoms with van der Waals surface area (Å²) >= 11 is 0. The molecular weight excluding hydrogens is 248 g/mol. The van der Waals surface area contributed by atoms with Crippen molar-refractivity contribution in [3.05, 3.63) is 17.0 Å². The summed E-state index contributed by atoms with van der Waals surface area (Å²) < 4.78 is 5.24. The van der Waals surface area contributed by atoms with Crippen LogP contribution in [0.15, 0.2) is 0 Å². The molecule has 1 aromatic heterocycles. The maximum Gasteiger partial charge on any atom is 0.272 e. The second kappa shape index (κ2) is 5.40. The van der Waals surface area contributed by atoms with Gasteiger partial charge in [-0.15, -0.1) is 0 Å². The summed E-state index contributed by atoms with van der Waals surface area (Å²) in [6.07, 6.45) is 0. The Morgan fingerprint density at radius 3 is 2.74 bits per heavy atom. The van der Waals surface area contributed by atoms with Crippen LogP contribution in [0.3, 0.4) is 0 Å². The van der Waals surface area contributed by atoms with Gasteiger partial charge in [0.25, 0.3) is 5.91 Å². The molecule has 2 rings (SSSR count). The standard InChI is InChI=1S/C12H18N4O3/c1-6(2)9(11(17)13-3)14-12(18)10-7-4-19-5-8(7)15-16-10/h6,9H,4-5H2,1-3H3,(H,13,17)(H,14,18)(H,15,16)/t9-/m0/s1. The van der Waals surface area contributed by atoms with Gasteiger partial charge in [-0.3, -0.25) is 14.7 Å². The van der Waals surface area contributed by atoms with E-state index in [9.17, 15) is 9.59 Å². The third-order valence-electron chi connectivity index (χ3n) is 3.14. The first-order valence-corrected chi connectivity index (χ1v) is 6.21. The highest BCUT2D eigenvalue weighted by Gasteiger charge is 2.28. The second-order valence-corrected chi connectivity index (χ2v) is 4.83. The first-order valence-electron chi connectivity index (χ1n) is 6.21. The zero-order valence-corrected chi connectivity index (χ0v) is 11.2. The van der Waals surface area contributed by atoms with E-state index in [0.717, 1.165) is 11.3 Å². The minimum absolute atomic E-state index is 0.00728. The Bertz CT molecular complexity index is 495. The van der Waals surface area contributed by atoms with Gasteiger partial charge in [-0.25, -0.2) is 0 Å². The highest BCUT2D eigenvalue weighted by atomic mass is 16.5. The Morgan fingerprint density at radius 1 is 1.37 bits per heavy atom. The van der Waals surface area contributed by atoms with E-state index in [1.807, 2.05) is 13.8 Å². The van der Waals surface area contributed by atoms with Crippen molar-refractivity contribution in [1.82, 2.24) is 20.8 Å². The number of nitrogens with zero attached hydrogens (tertiary/aromatic N) is 1. The number of H-pyrrole nitrogens is 1. The number of aromatic nitrogens is 2. The van der Waals surface area contributed by atoms with Crippen LogP contribution in [0.1, 0.15) is 35.6 Å². The van der Waals surface area contributed by atoms with Crippen LogP contribution >= 0.6 is 0 Å². The Hall–Kier alpha value is -1.89. The van der Waals surface area contributed by atoms with Gasteiger partial charge in [0.1, 0.15) is 6.04 Å². The van der Waals surface area contributed by atoms with Crippen LogP contribution in [0, 0.1) is 5.92 Å². The van der Waals surface area contributed by atoms with Crippen LogP contribution in [0.25, 0.3) is 0 Å². The Kier molecular flexibility index (Phi) is 3.84. The van der Waals surface area contributed by atoms with Crippen molar-refractivity contribution >= 4 is 11.8 Å². The maximum atomic E-state index is 12.2. The fraction of sp³-hybridized carbons (Fsp3) is 0.583. The molecule has 0 unspecified atom stereocenters. The largest absolute Gasteiger partial charge is 0.370 e. The van der Waals surface area contributed by atoms with Gasteiger partial charge in [0.15, 0.2) is 5.69 Å². The van der Waals surface area contributed by atoms with E-state index in [1.54, 1.807) is 7.05 Å². The number of likely N-dealkylation sites (N-methyl/N-ethyl adjacent to an activating group) is 1. The highest BCUT2D eigenvalue weighted by molar-refractivity contribution is 5.97. The van der Waals surface area contributed by atoms with Crippen molar-refractivity contribution in [2.45, 2.75) is 33.1 Å². The van der Waals surface area contributed by atoms with Crippen LogP contribution in [0.4, 0.5) is 0 Å². The summed E-state index contributed by atoms with van der Waals surface area (Å²) in [6.45, 7) is 4.57. The molecule has 0 spiro atoms. The molecule has 2 heterocycles. The third kappa shape index (κ3) is 2.60. The van der Waals surface area contributed by atoms with Crippen molar-refractivity contribution in [3.8, 4) is 0 Å². The second-order valence-electron chi connectivity index (χ2n) is 4.83. The van der Waals surface area contributed by atoms with Gasteiger partial charge in [-0.05, 0) is 5.92 Å². The zero-order valence-electron chi connectivity index (χ0n) is 11.2. The van der Waals surface area contributed by atoms with E-state index in [-0.39, 0.29) is 17.7 Å². The molecule has 7 heteroatoms. The molecule has 0 bridgehead atoms. The van der Waals surface area contributed by atoms with Gasteiger partial charge in [0.2, 0.25) is 5.91 Å². The average Bonchev–Trinajstić information content (AvgIpc) is 2.96. The number of rotatable bonds is 4. The molecule has 0 aromatic carbocycles. The molecule has 0 aliphatic carbocycles. The van der Waals surface area contributed by atoms with Crippen molar-refractivity contribution in [1.29, 1.82) is 0 Å². The van der Waals surface area contributed by atoms with Crippen molar-refractivity contribution in [2.75, 3.05) is 7.05 Å².